The second kappa shape index (κ2) is 9.31. The van der Waals surface area contributed by atoms with Crippen LogP contribution in [0.1, 0.15) is 74.8 Å². The van der Waals surface area contributed by atoms with Gasteiger partial charge in [-0.25, -0.2) is 8.78 Å². The van der Waals surface area contributed by atoms with E-state index in [4.69, 9.17) is 5.26 Å². The van der Waals surface area contributed by atoms with Gasteiger partial charge in [0.25, 0.3) is 0 Å². The van der Waals surface area contributed by atoms with Crippen molar-refractivity contribution in [2.24, 2.45) is 17.8 Å². The highest BCUT2D eigenvalue weighted by molar-refractivity contribution is 5.33. The Bertz CT molecular complexity index is 613. The summed E-state index contributed by atoms with van der Waals surface area (Å²) in [5.41, 5.74) is 2.12. The number of nitrogens with zero attached hydrogens (tertiary/aromatic N) is 1. The van der Waals surface area contributed by atoms with Crippen LogP contribution in [0.2, 0.25) is 0 Å². The highest BCUT2D eigenvalue weighted by atomic mass is 19.3. The van der Waals surface area contributed by atoms with E-state index in [0.717, 1.165) is 17.4 Å². The Morgan fingerprint density at radius 1 is 0.923 bits per heavy atom. The molecule has 0 aliphatic heterocycles. The van der Waals surface area contributed by atoms with Crippen LogP contribution in [-0.4, -0.2) is 6.43 Å². The maximum absolute atomic E-state index is 12.2. The quantitative estimate of drug-likeness (QED) is 0.529. The molecule has 1 aromatic rings. The minimum Gasteiger partial charge on any atom is -0.210 e. The standard InChI is InChI=1S/C23H29F2N/c24-23(25)3-1-2-17-4-8-19(9-5-17)21-12-14-22(15-13-21)20-10-6-18(16-26)7-11-20/h1-2,6-7,10-11,17,19,21-23H,3-5,8-9,12-15H2/b2-1+/t17-,19-,21?,22?. The molecule has 3 heteroatoms. The molecule has 2 aliphatic rings. The molecule has 0 amide bonds. The number of hydrogen-bond donors (Lipinski definition) is 0. The Kier molecular flexibility index (Phi) is 6.83. The van der Waals surface area contributed by atoms with Gasteiger partial charge in [-0.1, -0.05) is 24.3 Å². The molecule has 0 radical (unpaired) electrons. The molecule has 0 spiro atoms. The molecule has 140 valence electrons. The molecule has 0 bridgehead atoms. The molecular weight excluding hydrogens is 328 g/mol. The van der Waals surface area contributed by atoms with E-state index in [1.54, 1.807) is 6.08 Å². The van der Waals surface area contributed by atoms with Crippen molar-refractivity contribution in [3.8, 4) is 6.07 Å². The number of benzene rings is 1. The normalized spacial score (nSPS) is 29.8. The largest absolute Gasteiger partial charge is 0.242 e. The minimum atomic E-state index is -2.21. The van der Waals surface area contributed by atoms with Crippen LogP contribution < -0.4 is 0 Å². The molecular formula is C23H29F2N. The molecule has 0 N–H and O–H groups in total. The zero-order valence-electron chi connectivity index (χ0n) is 15.4. The van der Waals surface area contributed by atoms with Crippen LogP contribution in [-0.2, 0) is 0 Å². The summed E-state index contributed by atoms with van der Waals surface area (Å²) < 4.78 is 24.4. The van der Waals surface area contributed by atoms with Gasteiger partial charge in [0.1, 0.15) is 0 Å². The molecule has 0 unspecified atom stereocenters. The fourth-order valence-corrected chi connectivity index (χ4v) is 4.94. The summed E-state index contributed by atoms with van der Waals surface area (Å²) in [5, 5.41) is 8.92. The summed E-state index contributed by atoms with van der Waals surface area (Å²) in [6.07, 6.45) is 11.4. The maximum atomic E-state index is 12.2. The van der Waals surface area contributed by atoms with Crippen LogP contribution in [0.4, 0.5) is 8.78 Å². The summed E-state index contributed by atoms with van der Waals surface area (Å²) in [6.45, 7) is 0. The third kappa shape index (κ3) is 5.16. The van der Waals surface area contributed by atoms with Crippen LogP contribution in [0.15, 0.2) is 36.4 Å². The number of rotatable bonds is 5. The summed E-state index contributed by atoms with van der Waals surface area (Å²) in [7, 11) is 0. The highest BCUT2D eigenvalue weighted by Crippen LogP contribution is 2.44. The summed E-state index contributed by atoms with van der Waals surface area (Å²) in [5.74, 6) is 2.83. The fourth-order valence-electron chi connectivity index (χ4n) is 4.94. The smallest absolute Gasteiger partial charge is 0.210 e. The Balaban J connectivity index is 1.43. The van der Waals surface area contributed by atoms with Gasteiger partial charge in [-0.3, -0.25) is 0 Å². The van der Waals surface area contributed by atoms with Gasteiger partial charge in [0.15, 0.2) is 0 Å². The van der Waals surface area contributed by atoms with Crippen molar-refractivity contribution in [1.29, 1.82) is 5.26 Å². The van der Waals surface area contributed by atoms with E-state index in [1.807, 2.05) is 18.2 Å². The first-order valence-corrected chi connectivity index (χ1v) is 10.1. The Morgan fingerprint density at radius 2 is 1.50 bits per heavy atom. The van der Waals surface area contributed by atoms with Crippen molar-refractivity contribution in [1.82, 2.24) is 0 Å². The van der Waals surface area contributed by atoms with Gasteiger partial charge < -0.3 is 0 Å². The molecule has 0 heterocycles. The molecule has 0 saturated heterocycles. The average Bonchev–Trinajstić information content (AvgIpc) is 2.68. The van der Waals surface area contributed by atoms with E-state index in [0.29, 0.717) is 11.8 Å². The fraction of sp³-hybridized carbons (Fsp3) is 0.609. The van der Waals surface area contributed by atoms with Crippen molar-refractivity contribution in [2.45, 2.75) is 70.1 Å². The van der Waals surface area contributed by atoms with Crippen molar-refractivity contribution >= 4 is 0 Å². The first-order valence-electron chi connectivity index (χ1n) is 10.1. The van der Waals surface area contributed by atoms with Crippen molar-refractivity contribution < 1.29 is 8.78 Å². The molecule has 2 saturated carbocycles. The van der Waals surface area contributed by atoms with Gasteiger partial charge in [-0.2, -0.15) is 5.26 Å². The number of nitriles is 1. The van der Waals surface area contributed by atoms with Gasteiger partial charge in [0.05, 0.1) is 11.6 Å². The van der Waals surface area contributed by atoms with Gasteiger partial charge in [0, 0.05) is 6.42 Å². The second-order valence-electron chi connectivity index (χ2n) is 8.08. The minimum absolute atomic E-state index is 0.0979. The third-order valence-corrected chi connectivity index (χ3v) is 6.49. The van der Waals surface area contributed by atoms with E-state index < -0.39 is 6.43 Å². The number of alkyl halides is 2. The first kappa shape index (κ1) is 19.1. The molecule has 3 rings (SSSR count). The maximum Gasteiger partial charge on any atom is 0.242 e. The van der Waals surface area contributed by atoms with Gasteiger partial charge >= 0.3 is 0 Å². The van der Waals surface area contributed by atoms with Crippen molar-refractivity contribution in [3.05, 3.63) is 47.5 Å². The number of halogens is 2. The summed E-state index contributed by atoms with van der Waals surface area (Å²) >= 11 is 0. The topological polar surface area (TPSA) is 23.8 Å². The van der Waals surface area contributed by atoms with Gasteiger partial charge in [-0.15, -0.1) is 0 Å². The molecule has 2 aliphatic carbocycles. The summed E-state index contributed by atoms with van der Waals surface area (Å²) in [4.78, 5) is 0. The lowest BCUT2D eigenvalue weighted by Crippen LogP contribution is -2.25. The van der Waals surface area contributed by atoms with E-state index in [9.17, 15) is 8.78 Å². The molecule has 26 heavy (non-hydrogen) atoms. The van der Waals surface area contributed by atoms with Crippen molar-refractivity contribution in [2.75, 3.05) is 0 Å². The van der Waals surface area contributed by atoms with Crippen LogP contribution >= 0.6 is 0 Å². The van der Waals surface area contributed by atoms with Crippen molar-refractivity contribution in [3.63, 3.8) is 0 Å². The zero-order chi connectivity index (χ0) is 18.4. The third-order valence-electron chi connectivity index (χ3n) is 6.49. The molecule has 1 aromatic carbocycles. The van der Waals surface area contributed by atoms with Crippen LogP contribution in [0.25, 0.3) is 0 Å². The molecule has 2 fully saturated rings. The van der Waals surface area contributed by atoms with Crippen LogP contribution in [0.5, 0.6) is 0 Å². The Morgan fingerprint density at radius 3 is 2.04 bits per heavy atom. The molecule has 0 atom stereocenters. The Labute approximate surface area is 156 Å². The van der Waals surface area contributed by atoms with E-state index in [2.05, 4.69) is 18.2 Å². The van der Waals surface area contributed by atoms with Crippen LogP contribution in [0, 0.1) is 29.1 Å². The highest BCUT2D eigenvalue weighted by Gasteiger charge is 2.30. The number of allylic oxidation sites excluding steroid dienone is 2. The predicted octanol–water partition coefficient (Wildman–Crippen LogP) is 6.85. The van der Waals surface area contributed by atoms with Crippen LogP contribution in [0.3, 0.4) is 0 Å². The molecule has 1 nitrogen and oxygen atoms in total. The lowest BCUT2D eigenvalue weighted by atomic mass is 9.68. The van der Waals surface area contributed by atoms with E-state index >= 15 is 0 Å². The lowest BCUT2D eigenvalue weighted by molar-refractivity contribution is 0.151. The second-order valence-corrected chi connectivity index (χ2v) is 8.08. The van der Waals surface area contributed by atoms with Gasteiger partial charge in [-0.05, 0) is 92.7 Å². The van der Waals surface area contributed by atoms with E-state index in [-0.39, 0.29) is 6.42 Å². The van der Waals surface area contributed by atoms with E-state index in [1.165, 1.54) is 56.9 Å². The van der Waals surface area contributed by atoms with Gasteiger partial charge in [0.2, 0.25) is 6.43 Å². The first-order chi connectivity index (χ1) is 12.7. The average molecular weight is 357 g/mol. The zero-order valence-corrected chi connectivity index (χ0v) is 15.4. The monoisotopic (exact) mass is 357 g/mol. The molecule has 0 aromatic heterocycles. The predicted molar refractivity (Wildman–Crippen MR) is 101 cm³/mol. The SMILES string of the molecule is N#Cc1ccc(C2CCC([C@H]3CC[C@H](/C=C/CC(F)F)CC3)CC2)cc1. The summed E-state index contributed by atoms with van der Waals surface area (Å²) in [6, 6.07) is 10.3. The lowest BCUT2D eigenvalue weighted by Gasteiger charge is -2.37. The Hall–Kier alpha value is -1.69. The number of hydrogen-bond acceptors (Lipinski definition) is 1.